The van der Waals surface area contributed by atoms with Gasteiger partial charge < -0.3 is 0 Å². The molecule has 0 heterocycles. The van der Waals surface area contributed by atoms with Gasteiger partial charge in [-0.15, -0.1) is 0 Å². The second-order valence-corrected chi connectivity index (χ2v) is 13.5. The Morgan fingerprint density at radius 2 is 1.48 bits per heavy atom. The molecule has 3 atom stereocenters. The Morgan fingerprint density at radius 1 is 0.960 bits per heavy atom. The molecule has 0 N–H and O–H groups in total. The van der Waals surface area contributed by atoms with Crippen molar-refractivity contribution in [3.05, 3.63) is 52.1 Å². The third-order valence-corrected chi connectivity index (χ3v) is 14.1. The van der Waals surface area contributed by atoms with E-state index in [1.165, 1.54) is 28.7 Å². The van der Waals surface area contributed by atoms with Crippen LogP contribution in [0.1, 0.15) is 72.9 Å². The molecule has 0 amide bonds. The summed E-state index contributed by atoms with van der Waals surface area (Å²) in [6.45, 7) is 21.7. The fourth-order valence-electron chi connectivity index (χ4n) is 4.85. The van der Waals surface area contributed by atoms with E-state index in [-0.39, 0.29) is 5.04 Å². The SMILES string of the molecule is CCc1cc(CC)cc([Si](C)(C(C)CC)C2(C)C=C(C)C(C)=C2C)c1. The number of benzene rings is 1. The average molecular weight is 355 g/mol. The molecule has 3 unspecified atom stereocenters. The molecule has 138 valence electrons. The molecule has 1 aliphatic carbocycles. The predicted molar refractivity (Wildman–Crippen MR) is 117 cm³/mol. The molecule has 2 rings (SSSR count). The molecule has 0 saturated heterocycles. The summed E-state index contributed by atoms with van der Waals surface area (Å²) in [6.07, 6.45) is 6.13. The van der Waals surface area contributed by atoms with E-state index in [1.54, 1.807) is 10.8 Å². The minimum absolute atomic E-state index is 0.216. The second-order valence-electron chi connectivity index (χ2n) is 8.54. The summed E-state index contributed by atoms with van der Waals surface area (Å²) < 4.78 is 0. The highest BCUT2D eigenvalue weighted by Gasteiger charge is 2.52. The van der Waals surface area contributed by atoms with Crippen molar-refractivity contribution in [2.24, 2.45) is 0 Å². The lowest BCUT2D eigenvalue weighted by atomic mass is 10.0. The van der Waals surface area contributed by atoms with Gasteiger partial charge in [0.1, 0.15) is 8.07 Å². The van der Waals surface area contributed by atoms with Crippen LogP contribution in [0.15, 0.2) is 41.0 Å². The van der Waals surface area contributed by atoms with Crippen LogP contribution in [0.4, 0.5) is 0 Å². The van der Waals surface area contributed by atoms with Gasteiger partial charge in [-0.3, -0.25) is 0 Å². The van der Waals surface area contributed by atoms with Crippen molar-refractivity contribution in [3.63, 3.8) is 0 Å². The van der Waals surface area contributed by atoms with E-state index in [9.17, 15) is 0 Å². The van der Waals surface area contributed by atoms with Crippen molar-refractivity contribution >= 4 is 13.3 Å². The summed E-state index contributed by atoms with van der Waals surface area (Å²) in [4.78, 5) is 0. The Labute approximate surface area is 157 Å². The minimum Gasteiger partial charge on any atom is -0.0737 e. The summed E-state index contributed by atoms with van der Waals surface area (Å²) in [7, 11) is -1.80. The summed E-state index contributed by atoms with van der Waals surface area (Å²) in [5, 5.41) is 1.88. The van der Waals surface area contributed by atoms with Crippen LogP contribution in [0.5, 0.6) is 0 Å². The molecule has 1 heteroatoms. The van der Waals surface area contributed by atoms with Gasteiger partial charge in [0.05, 0.1) is 0 Å². The molecule has 0 nitrogen and oxygen atoms in total. The van der Waals surface area contributed by atoms with Gasteiger partial charge in [0.15, 0.2) is 0 Å². The third kappa shape index (κ3) is 3.10. The molecular weight excluding hydrogens is 316 g/mol. The topological polar surface area (TPSA) is 0 Å². The highest BCUT2D eigenvalue weighted by atomic mass is 28.3. The number of allylic oxidation sites excluding steroid dienone is 4. The van der Waals surface area contributed by atoms with Crippen molar-refractivity contribution in [1.29, 1.82) is 0 Å². The summed E-state index contributed by atoms with van der Waals surface area (Å²) in [5.74, 6) is 0. The highest BCUT2D eigenvalue weighted by Crippen LogP contribution is 2.56. The quantitative estimate of drug-likeness (QED) is 0.485. The number of aryl methyl sites for hydroxylation is 2. The number of hydrogen-bond donors (Lipinski definition) is 0. The predicted octanol–water partition coefficient (Wildman–Crippen LogP) is 6.95. The van der Waals surface area contributed by atoms with Crippen molar-refractivity contribution in [2.75, 3.05) is 0 Å². The van der Waals surface area contributed by atoms with E-state index in [0.717, 1.165) is 18.4 Å². The van der Waals surface area contributed by atoms with Gasteiger partial charge in [-0.05, 0) is 55.9 Å². The fourth-order valence-corrected chi connectivity index (χ4v) is 10.3. The molecule has 1 aromatic rings. The largest absolute Gasteiger partial charge is 0.100 e. The minimum atomic E-state index is -1.80. The molecular formula is C24H38Si. The lowest BCUT2D eigenvalue weighted by molar-refractivity contribution is 0.762. The van der Waals surface area contributed by atoms with Crippen LogP contribution in [0.2, 0.25) is 17.1 Å². The zero-order valence-corrected chi connectivity index (χ0v) is 19.0. The molecule has 1 aliphatic rings. The first-order chi connectivity index (χ1) is 11.6. The maximum absolute atomic E-state index is 2.65. The maximum atomic E-state index is 2.65. The first-order valence-electron chi connectivity index (χ1n) is 10.2. The third-order valence-electron chi connectivity index (χ3n) is 7.58. The molecule has 0 spiro atoms. The van der Waals surface area contributed by atoms with Crippen molar-refractivity contribution in [1.82, 2.24) is 0 Å². The smallest absolute Gasteiger partial charge is 0.0737 e. The van der Waals surface area contributed by atoms with E-state index in [4.69, 9.17) is 0 Å². The van der Waals surface area contributed by atoms with Gasteiger partial charge in [0.25, 0.3) is 0 Å². The van der Waals surface area contributed by atoms with Crippen molar-refractivity contribution in [3.8, 4) is 0 Å². The van der Waals surface area contributed by atoms with Gasteiger partial charge >= 0.3 is 0 Å². The zero-order valence-electron chi connectivity index (χ0n) is 18.0. The normalized spacial score (nSPS) is 24.3. The Hall–Kier alpha value is -1.08. The second kappa shape index (κ2) is 7.27. The van der Waals surface area contributed by atoms with E-state index >= 15 is 0 Å². The van der Waals surface area contributed by atoms with Crippen molar-refractivity contribution in [2.45, 2.75) is 91.8 Å². The molecule has 0 aliphatic heterocycles. The van der Waals surface area contributed by atoms with Crippen LogP contribution in [-0.4, -0.2) is 8.07 Å². The lowest BCUT2D eigenvalue weighted by Gasteiger charge is -2.48. The first kappa shape index (κ1) is 20.2. The monoisotopic (exact) mass is 354 g/mol. The highest BCUT2D eigenvalue weighted by molar-refractivity contribution is 6.95. The van der Waals surface area contributed by atoms with Crippen molar-refractivity contribution < 1.29 is 0 Å². The van der Waals surface area contributed by atoms with Crippen LogP contribution < -0.4 is 5.19 Å². The van der Waals surface area contributed by atoms with E-state index in [0.29, 0.717) is 0 Å². The van der Waals surface area contributed by atoms with Crippen LogP contribution in [-0.2, 0) is 12.8 Å². The van der Waals surface area contributed by atoms with Crippen LogP contribution >= 0.6 is 0 Å². The fraction of sp³-hybridized carbons (Fsp3) is 0.583. The van der Waals surface area contributed by atoms with E-state index in [1.807, 2.05) is 0 Å². The summed E-state index contributed by atoms with van der Waals surface area (Å²) >= 11 is 0. The standard InChI is InChI=1S/C24H38Si/c1-10-18(5)25(9,24(8)16-17(4)19(6)20(24)7)23-14-21(11-2)13-22(12-3)15-23/h13-16,18H,10-12H2,1-9H3. The average Bonchev–Trinajstić information content (AvgIpc) is 2.83. The lowest BCUT2D eigenvalue weighted by Crippen LogP contribution is -2.57. The molecule has 25 heavy (non-hydrogen) atoms. The summed E-state index contributed by atoms with van der Waals surface area (Å²) in [5.41, 5.74) is 8.39. The molecule has 0 bridgehead atoms. The van der Waals surface area contributed by atoms with E-state index in [2.05, 4.69) is 86.2 Å². The molecule has 0 aromatic heterocycles. The van der Waals surface area contributed by atoms with Crippen LogP contribution in [0.25, 0.3) is 0 Å². The van der Waals surface area contributed by atoms with Gasteiger partial charge in [-0.2, -0.15) is 0 Å². The molecule has 0 fully saturated rings. The Kier molecular flexibility index (Phi) is 5.88. The Bertz CT molecular complexity index is 687. The molecule has 1 aromatic carbocycles. The van der Waals surface area contributed by atoms with Gasteiger partial charge in [0.2, 0.25) is 0 Å². The summed E-state index contributed by atoms with van der Waals surface area (Å²) in [6, 6.07) is 7.51. The molecule has 0 radical (unpaired) electrons. The van der Waals surface area contributed by atoms with Crippen LogP contribution in [0, 0.1) is 0 Å². The van der Waals surface area contributed by atoms with Gasteiger partial charge in [-0.25, -0.2) is 0 Å². The number of hydrogen-bond acceptors (Lipinski definition) is 0. The Balaban J connectivity index is 2.77. The Morgan fingerprint density at radius 3 is 1.84 bits per heavy atom. The molecule has 0 saturated carbocycles. The zero-order chi connectivity index (χ0) is 19.0. The van der Waals surface area contributed by atoms with Crippen LogP contribution in [0.3, 0.4) is 0 Å². The maximum Gasteiger partial charge on any atom is 0.100 e. The van der Waals surface area contributed by atoms with E-state index < -0.39 is 8.07 Å². The van der Waals surface area contributed by atoms with Gasteiger partial charge in [-0.1, -0.05) is 88.2 Å². The first-order valence-corrected chi connectivity index (χ1v) is 12.7. The number of rotatable bonds is 6. The van der Waals surface area contributed by atoms with Gasteiger partial charge in [0, 0.05) is 5.04 Å².